The first-order valence-electron chi connectivity index (χ1n) is 24.6. The van der Waals surface area contributed by atoms with Gasteiger partial charge in [-0.1, -0.05) is 53.2 Å². The van der Waals surface area contributed by atoms with Crippen LogP contribution in [-0.2, 0) is 38.0 Å². The van der Waals surface area contributed by atoms with Crippen molar-refractivity contribution >= 4 is 11.9 Å². The highest BCUT2D eigenvalue weighted by Crippen LogP contribution is 2.76. The number of ether oxygens (including phenoxy) is 6. The van der Waals surface area contributed by atoms with Crippen LogP contribution in [0.15, 0.2) is 11.6 Å². The highest BCUT2D eigenvalue weighted by atomic mass is 16.7. The van der Waals surface area contributed by atoms with Crippen LogP contribution >= 0.6 is 0 Å². The number of esters is 1. The average Bonchev–Trinajstić information content (AvgIpc) is 3.29. The molecule has 3 heterocycles. The lowest BCUT2D eigenvalue weighted by Gasteiger charge is -2.72. The summed E-state index contributed by atoms with van der Waals surface area (Å²) < 4.78 is 34.8. The van der Waals surface area contributed by atoms with E-state index in [1.165, 1.54) is 0 Å². The topological polar surface area (TPSA) is 353 Å². The summed E-state index contributed by atoms with van der Waals surface area (Å²) in [6.45, 7) is 10.8. The summed E-state index contributed by atoms with van der Waals surface area (Å²) >= 11 is 0. The van der Waals surface area contributed by atoms with Crippen LogP contribution in [0.5, 0.6) is 0 Å². The Hall–Kier alpha value is -2.00. The zero-order chi connectivity index (χ0) is 50.7. The molecule has 0 bridgehead atoms. The van der Waals surface area contributed by atoms with Gasteiger partial charge >= 0.3 is 11.9 Å². The molecule has 0 aromatic carbocycles. The van der Waals surface area contributed by atoms with Crippen LogP contribution in [0.2, 0.25) is 0 Å². The summed E-state index contributed by atoms with van der Waals surface area (Å²) in [7, 11) is 0. The van der Waals surface area contributed by atoms with E-state index in [0.717, 1.165) is 12.0 Å². The molecule has 3 aliphatic heterocycles. The van der Waals surface area contributed by atoms with Gasteiger partial charge in [0.25, 0.3) is 0 Å². The van der Waals surface area contributed by atoms with Crippen LogP contribution in [0.3, 0.4) is 0 Å². The van der Waals surface area contributed by atoms with E-state index in [2.05, 4.69) is 40.7 Å². The second kappa shape index (κ2) is 18.7. The lowest BCUT2D eigenvalue weighted by molar-refractivity contribution is -0.371. The zero-order valence-electron chi connectivity index (χ0n) is 40.2. The molecule has 0 aromatic heterocycles. The second-order valence-electron chi connectivity index (χ2n) is 23.5. The monoisotopic (exact) mass is 988 g/mol. The van der Waals surface area contributed by atoms with E-state index in [1.807, 2.05) is 0 Å². The van der Waals surface area contributed by atoms with Crippen LogP contribution in [0.4, 0.5) is 0 Å². The lowest BCUT2D eigenvalue weighted by Crippen LogP contribution is -2.70. The number of fused-ring (bicyclic) bond motifs is 7. The van der Waals surface area contributed by atoms with Gasteiger partial charge in [0.1, 0.15) is 67.1 Å². The van der Waals surface area contributed by atoms with Crippen LogP contribution in [0.1, 0.15) is 99.3 Å². The van der Waals surface area contributed by atoms with Gasteiger partial charge in [-0.15, -0.1) is 0 Å². The molecule has 0 spiro atoms. The van der Waals surface area contributed by atoms with E-state index < -0.39 is 163 Å². The molecule has 13 N–H and O–H groups in total. The number of carboxylic acid groups (broad SMARTS) is 1. The lowest BCUT2D eigenvalue weighted by atomic mass is 9.33. The molecule has 7 fully saturated rings. The van der Waals surface area contributed by atoms with Crippen molar-refractivity contribution in [3.63, 3.8) is 0 Å². The fourth-order valence-corrected chi connectivity index (χ4v) is 15.2. The fourth-order valence-electron chi connectivity index (χ4n) is 15.2. The summed E-state index contributed by atoms with van der Waals surface area (Å²) in [5.41, 5.74) is -2.71. The number of carbonyl (C=O) groups is 2. The maximum Gasteiger partial charge on any atom is 0.335 e. The summed E-state index contributed by atoms with van der Waals surface area (Å²) in [5, 5.41) is 139. The Morgan fingerprint density at radius 2 is 1.23 bits per heavy atom. The summed E-state index contributed by atoms with van der Waals surface area (Å²) in [4.78, 5) is 27.1. The minimum atomic E-state index is -2.09. The van der Waals surface area contributed by atoms with Gasteiger partial charge in [-0.05, 0) is 97.2 Å². The Morgan fingerprint density at radius 3 is 1.83 bits per heavy atom. The first-order valence-corrected chi connectivity index (χ1v) is 24.6. The average molecular weight is 989 g/mol. The number of carbonyl (C=O) groups excluding carboxylic acids is 1. The van der Waals surface area contributed by atoms with E-state index in [9.17, 15) is 76.0 Å². The molecule has 5 aliphatic carbocycles. The minimum Gasteiger partial charge on any atom is -0.479 e. The highest BCUT2D eigenvalue weighted by molar-refractivity contribution is 5.79. The number of hydrogen-bond donors (Lipinski definition) is 13. The molecule has 2 unspecified atom stereocenters. The summed E-state index contributed by atoms with van der Waals surface area (Å²) in [6, 6.07) is 0. The Kier molecular flexibility index (Phi) is 14.5. The molecule has 69 heavy (non-hydrogen) atoms. The Labute approximate surface area is 400 Å². The molecule has 0 amide bonds. The molecule has 8 rings (SSSR count). The third-order valence-electron chi connectivity index (χ3n) is 19.4. The fraction of sp³-hybridized carbons (Fsp3) is 0.917. The van der Waals surface area contributed by atoms with Crippen molar-refractivity contribution in [3.05, 3.63) is 11.6 Å². The molecule has 25 atom stereocenters. The third kappa shape index (κ3) is 8.25. The summed E-state index contributed by atoms with van der Waals surface area (Å²) in [5.74, 6) is -2.88. The van der Waals surface area contributed by atoms with Crippen LogP contribution in [0, 0.1) is 50.2 Å². The van der Waals surface area contributed by atoms with Crippen LogP contribution < -0.4 is 0 Å². The Morgan fingerprint density at radius 1 is 0.652 bits per heavy atom. The normalized spacial score (nSPS) is 53.9. The van der Waals surface area contributed by atoms with Gasteiger partial charge in [-0.3, -0.25) is 4.79 Å². The van der Waals surface area contributed by atoms with Crippen LogP contribution in [0.25, 0.3) is 0 Å². The smallest absolute Gasteiger partial charge is 0.335 e. The zero-order valence-corrected chi connectivity index (χ0v) is 40.2. The van der Waals surface area contributed by atoms with Gasteiger partial charge in [0, 0.05) is 5.41 Å². The van der Waals surface area contributed by atoms with E-state index >= 15 is 0 Å². The van der Waals surface area contributed by atoms with Gasteiger partial charge in [0.05, 0.1) is 37.4 Å². The molecule has 0 radical (unpaired) electrons. The summed E-state index contributed by atoms with van der Waals surface area (Å²) in [6.07, 6.45) is -22.2. The molecule has 21 nitrogen and oxygen atoms in total. The van der Waals surface area contributed by atoms with E-state index in [1.54, 1.807) is 6.92 Å². The maximum absolute atomic E-state index is 14.7. The second-order valence-corrected chi connectivity index (χ2v) is 23.5. The molecular formula is C48H76O21. The van der Waals surface area contributed by atoms with E-state index in [-0.39, 0.29) is 29.6 Å². The first kappa shape index (κ1) is 53.3. The van der Waals surface area contributed by atoms with Crippen molar-refractivity contribution in [2.24, 2.45) is 50.2 Å². The predicted octanol–water partition coefficient (Wildman–Crippen LogP) is -1.82. The molecule has 4 saturated carbocycles. The first-order chi connectivity index (χ1) is 32.2. The Balaban J connectivity index is 1.06. The molecule has 0 aromatic rings. The van der Waals surface area contributed by atoms with Crippen molar-refractivity contribution in [3.8, 4) is 0 Å². The number of aliphatic carboxylic acids is 1. The van der Waals surface area contributed by atoms with Crippen molar-refractivity contribution in [2.75, 3.05) is 19.8 Å². The number of allylic oxidation sites excluding steroid dienone is 2. The van der Waals surface area contributed by atoms with E-state index in [4.69, 9.17) is 28.4 Å². The van der Waals surface area contributed by atoms with Crippen molar-refractivity contribution in [1.82, 2.24) is 0 Å². The highest BCUT2D eigenvalue weighted by Gasteiger charge is 2.72. The number of aliphatic hydroxyl groups excluding tert-OH is 12. The predicted molar refractivity (Wildman–Crippen MR) is 234 cm³/mol. The Bertz CT molecular complexity index is 1930. The quantitative estimate of drug-likeness (QED) is 0.0651. The molecular weight excluding hydrogens is 913 g/mol. The van der Waals surface area contributed by atoms with Gasteiger partial charge in [-0.25, -0.2) is 4.79 Å². The molecule has 3 saturated heterocycles. The van der Waals surface area contributed by atoms with Crippen molar-refractivity contribution in [1.29, 1.82) is 0 Å². The van der Waals surface area contributed by atoms with E-state index in [0.29, 0.717) is 44.9 Å². The number of rotatable bonds is 10. The SMILES string of the molecule is CC1(C)CC[C@]2(C(=O)O[C@@H]3O[C@H](CO)[C@@H](O)[C@H](O)[C@H]3O)CC[C@]3(C)C(=CCC4[C@@]5(C)C[C@H](O)[C@H](O[C@@H]6O[C@H](C(=O)O)[C@@H](O)[C@H](O[C@@H]7O[C@H](CO)[C@H](O)[C@H](O)[C@H]7O)[C@H]6O)[C@@](C)(CO)C5CC[C@]43C)[C@@H]2C1. The third-order valence-corrected chi connectivity index (χ3v) is 19.4. The molecule has 394 valence electrons. The van der Waals surface area contributed by atoms with Gasteiger partial charge in [0.2, 0.25) is 6.29 Å². The number of aliphatic hydroxyl groups is 12. The minimum absolute atomic E-state index is 0.0662. The van der Waals surface area contributed by atoms with Gasteiger partial charge in [-0.2, -0.15) is 0 Å². The van der Waals surface area contributed by atoms with Gasteiger partial charge in [0.15, 0.2) is 18.7 Å². The maximum atomic E-state index is 14.7. The standard InChI is InChI=1S/C48H76O21/c1-43(2)11-13-48(42(63)69-40-32(58)30(56)28(54)24(18-50)65-40)14-12-46(5)20(21(48)15-43)7-8-26-44(3)16-22(52)37(45(4,19-51)25(44)9-10-47(26,46)6)68-41-34(60)35(33(59)36(67-41)38(61)62)66-39-31(57)29(55)27(53)23(17-49)64-39/h7,21-37,39-41,49-60H,8-19H2,1-6H3,(H,61,62)/t21-,22-,23+,24+,25?,26?,27-,28+,29-,30-,31+,32+,33-,34+,35-,36-,37-,39-,40-,41-,44-,45-,46+,47+,48-/m0/s1. The molecule has 8 aliphatic rings. The largest absolute Gasteiger partial charge is 0.479 e. The number of carboxylic acids is 1. The van der Waals surface area contributed by atoms with Crippen LogP contribution in [-0.4, -0.2) is 202 Å². The van der Waals surface area contributed by atoms with Gasteiger partial charge < -0.3 is 94.8 Å². The number of hydrogen-bond acceptors (Lipinski definition) is 20. The molecule has 21 heteroatoms. The van der Waals surface area contributed by atoms with Crippen molar-refractivity contribution in [2.45, 2.75) is 204 Å². The van der Waals surface area contributed by atoms with Crippen molar-refractivity contribution < 1.29 is 104 Å².